The molecule has 1 saturated heterocycles. The molecule has 0 unspecified atom stereocenters. The molecule has 6 nitrogen and oxygen atoms in total. The molecule has 0 spiro atoms. The average Bonchev–Trinajstić information content (AvgIpc) is 2.46. The lowest BCUT2D eigenvalue weighted by atomic mass is 10.0. The van der Waals surface area contributed by atoms with E-state index in [9.17, 15) is 0 Å². The van der Waals surface area contributed by atoms with Crippen LogP contribution in [0.2, 0.25) is 0 Å². The maximum Gasteiger partial charge on any atom is 0.242 e. The monoisotopic (exact) mass is 279 g/mol. The first-order chi connectivity index (χ1) is 9.74. The van der Waals surface area contributed by atoms with Gasteiger partial charge >= 0.3 is 0 Å². The minimum Gasteiger partial charge on any atom is -0.476 e. The van der Waals surface area contributed by atoms with Crippen molar-refractivity contribution in [2.45, 2.75) is 39.2 Å². The van der Waals surface area contributed by atoms with Gasteiger partial charge in [0.15, 0.2) is 5.82 Å². The van der Waals surface area contributed by atoms with Crippen LogP contribution in [0.5, 0.6) is 5.88 Å². The quantitative estimate of drug-likeness (QED) is 0.826. The predicted octanol–water partition coefficient (Wildman–Crippen LogP) is 1.74. The number of nitrogens with one attached hydrogen (secondary N) is 1. The number of hydrogen-bond acceptors (Lipinski definition) is 6. The molecule has 0 saturated carbocycles. The van der Waals surface area contributed by atoms with E-state index in [1.807, 2.05) is 6.92 Å². The van der Waals surface area contributed by atoms with Crippen LogP contribution in [0.3, 0.4) is 0 Å². The fourth-order valence-corrected chi connectivity index (χ4v) is 2.56. The molecule has 1 aliphatic rings. The van der Waals surface area contributed by atoms with E-state index in [4.69, 9.17) is 10.5 Å². The molecule has 0 amide bonds. The van der Waals surface area contributed by atoms with E-state index in [2.05, 4.69) is 27.1 Å². The van der Waals surface area contributed by atoms with Crippen LogP contribution in [-0.2, 0) is 0 Å². The predicted molar refractivity (Wildman–Crippen MR) is 81.0 cm³/mol. The first-order valence-corrected chi connectivity index (χ1v) is 7.46. The summed E-state index contributed by atoms with van der Waals surface area (Å²) in [5.41, 5.74) is 6.54. The van der Waals surface area contributed by atoms with Gasteiger partial charge in [0.2, 0.25) is 5.88 Å². The third-order valence-electron chi connectivity index (χ3n) is 3.60. The number of anilines is 2. The van der Waals surface area contributed by atoms with Gasteiger partial charge in [-0.15, -0.1) is 0 Å². The third kappa shape index (κ3) is 3.72. The number of rotatable bonds is 6. The Labute approximate surface area is 120 Å². The molecule has 0 aromatic carbocycles. The maximum absolute atomic E-state index is 6.04. The first kappa shape index (κ1) is 14.8. The molecule has 2 rings (SSSR count). The smallest absolute Gasteiger partial charge is 0.242 e. The van der Waals surface area contributed by atoms with Crippen LogP contribution >= 0.6 is 0 Å². The van der Waals surface area contributed by atoms with Crippen LogP contribution in [0, 0.1) is 0 Å². The molecule has 112 valence electrons. The van der Waals surface area contributed by atoms with Crippen molar-refractivity contribution in [1.82, 2.24) is 14.9 Å². The van der Waals surface area contributed by atoms with Crippen molar-refractivity contribution >= 4 is 11.5 Å². The van der Waals surface area contributed by atoms with Crippen LogP contribution in [0.1, 0.15) is 33.1 Å². The Balaban J connectivity index is 1.92. The van der Waals surface area contributed by atoms with Gasteiger partial charge in [0.1, 0.15) is 12.0 Å². The zero-order chi connectivity index (χ0) is 14.4. The summed E-state index contributed by atoms with van der Waals surface area (Å²) in [4.78, 5) is 10.8. The molecule has 1 aromatic rings. The van der Waals surface area contributed by atoms with Gasteiger partial charge in [0.25, 0.3) is 0 Å². The van der Waals surface area contributed by atoms with Crippen molar-refractivity contribution in [2.24, 2.45) is 0 Å². The van der Waals surface area contributed by atoms with Gasteiger partial charge < -0.3 is 20.7 Å². The molecule has 1 aromatic heterocycles. The van der Waals surface area contributed by atoms with Crippen LogP contribution in [0.25, 0.3) is 0 Å². The second-order valence-electron chi connectivity index (χ2n) is 5.13. The first-order valence-electron chi connectivity index (χ1n) is 7.46. The lowest BCUT2D eigenvalue weighted by molar-refractivity contribution is 0.219. The third-order valence-corrected chi connectivity index (χ3v) is 3.60. The normalized spacial score (nSPS) is 17.1. The molecular weight excluding hydrogens is 254 g/mol. The van der Waals surface area contributed by atoms with Crippen LogP contribution < -0.4 is 15.8 Å². The Morgan fingerprint density at radius 1 is 1.35 bits per heavy atom. The van der Waals surface area contributed by atoms with Crippen LogP contribution in [0.4, 0.5) is 11.5 Å². The summed E-state index contributed by atoms with van der Waals surface area (Å²) in [7, 11) is 0. The molecule has 0 radical (unpaired) electrons. The Kier molecular flexibility index (Phi) is 5.40. The molecule has 0 aliphatic carbocycles. The molecule has 3 N–H and O–H groups in total. The molecule has 1 aliphatic heterocycles. The Bertz CT molecular complexity index is 418. The minimum absolute atomic E-state index is 0.426. The van der Waals surface area contributed by atoms with Gasteiger partial charge in [0, 0.05) is 19.1 Å². The number of piperidine rings is 1. The molecule has 20 heavy (non-hydrogen) atoms. The van der Waals surface area contributed by atoms with Gasteiger partial charge in [0.05, 0.1) is 6.61 Å². The van der Waals surface area contributed by atoms with Gasteiger partial charge in [-0.2, -0.15) is 4.98 Å². The Hall–Kier alpha value is -1.56. The summed E-state index contributed by atoms with van der Waals surface area (Å²) in [6.45, 7) is 8.15. The average molecular weight is 279 g/mol. The Morgan fingerprint density at radius 2 is 2.10 bits per heavy atom. The topological polar surface area (TPSA) is 76.3 Å². The number of nitrogen functional groups attached to an aromatic ring is 1. The lowest BCUT2D eigenvalue weighted by Crippen LogP contribution is -2.39. The largest absolute Gasteiger partial charge is 0.476 e. The number of hydrogen-bond donors (Lipinski definition) is 2. The van der Waals surface area contributed by atoms with Crippen LogP contribution in [-0.4, -0.2) is 47.2 Å². The summed E-state index contributed by atoms with van der Waals surface area (Å²) >= 11 is 0. The van der Waals surface area contributed by atoms with Crippen molar-refractivity contribution < 1.29 is 4.74 Å². The van der Waals surface area contributed by atoms with Gasteiger partial charge in [-0.05, 0) is 32.7 Å². The molecule has 0 atom stereocenters. The summed E-state index contributed by atoms with van der Waals surface area (Å²) < 4.78 is 5.39. The Morgan fingerprint density at radius 3 is 2.75 bits per heavy atom. The van der Waals surface area contributed by atoms with E-state index in [0.717, 1.165) is 25.9 Å². The summed E-state index contributed by atoms with van der Waals surface area (Å²) in [5, 5.41) is 3.43. The number of likely N-dealkylation sites (tertiary alicyclic amines) is 1. The van der Waals surface area contributed by atoms with E-state index in [1.54, 1.807) is 0 Å². The molecular formula is C14H25N5O. The second-order valence-corrected chi connectivity index (χ2v) is 5.13. The molecule has 6 heteroatoms. The SMILES string of the molecule is CCCN1CCC(Nc2ncnc(OCC)c2N)CC1. The highest BCUT2D eigenvalue weighted by Gasteiger charge is 2.20. The highest BCUT2D eigenvalue weighted by molar-refractivity contribution is 5.66. The van der Waals surface area contributed by atoms with Crippen molar-refractivity contribution in [3.63, 3.8) is 0 Å². The van der Waals surface area contributed by atoms with Crippen molar-refractivity contribution in [3.05, 3.63) is 6.33 Å². The fourth-order valence-electron chi connectivity index (χ4n) is 2.56. The van der Waals surface area contributed by atoms with E-state index in [-0.39, 0.29) is 0 Å². The summed E-state index contributed by atoms with van der Waals surface area (Å²) in [6, 6.07) is 0.426. The van der Waals surface area contributed by atoms with Gasteiger partial charge in [-0.25, -0.2) is 4.98 Å². The van der Waals surface area contributed by atoms with Crippen molar-refractivity contribution in [2.75, 3.05) is 37.3 Å². The zero-order valence-corrected chi connectivity index (χ0v) is 12.4. The van der Waals surface area contributed by atoms with Gasteiger partial charge in [-0.1, -0.05) is 6.92 Å². The molecule has 1 fully saturated rings. The standard InChI is InChI=1S/C14H25N5O/c1-3-7-19-8-5-11(6-9-19)18-13-12(15)14(20-4-2)17-10-16-13/h10-11H,3-9,15H2,1-2H3,(H,16,17,18). The fraction of sp³-hybridized carbons (Fsp3) is 0.714. The maximum atomic E-state index is 6.04. The number of nitrogens with zero attached hydrogens (tertiary/aromatic N) is 3. The van der Waals surface area contributed by atoms with E-state index in [0.29, 0.717) is 30.0 Å². The lowest BCUT2D eigenvalue weighted by Gasteiger charge is -2.32. The number of ether oxygens (including phenoxy) is 1. The van der Waals surface area contributed by atoms with Crippen molar-refractivity contribution in [3.8, 4) is 5.88 Å². The highest BCUT2D eigenvalue weighted by Crippen LogP contribution is 2.26. The minimum atomic E-state index is 0.426. The highest BCUT2D eigenvalue weighted by atomic mass is 16.5. The van der Waals surface area contributed by atoms with E-state index < -0.39 is 0 Å². The van der Waals surface area contributed by atoms with E-state index in [1.165, 1.54) is 19.3 Å². The zero-order valence-electron chi connectivity index (χ0n) is 12.4. The second kappa shape index (κ2) is 7.28. The van der Waals surface area contributed by atoms with Gasteiger partial charge in [-0.3, -0.25) is 0 Å². The summed E-state index contributed by atoms with van der Waals surface area (Å²) in [5.74, 6) is 1.16. The number of nitrogens with two attached hydrogens (primary N) is 1. The molecule has 2 heterocycles. The summed E-state index contributed by atoms with van der Waals surface area (Å²) in [6.07, 6.45) is 4.95. The van der Waals surface area contributed by atoms with Crippen LogP contribution in [0.15, 0.2) is 6.33 Å². The van der Waals surface area contributed by atoms with E-state index >= 15 is 0 Å². The van der Waals surface area contributed by atoms with Crippen molar-refractivity contribution in [1.29, 1.82) is 0 Å². The molecule has 0 bridgehead atoms. The number of aromatic nitrogens is 2.